The molecule has 2 aromatic heterocycles. The van der Waals surface area contributed by atoms with Crippen LogP contribution in [0.25, 0.3) is 0 Å². The topological polar surface area (TPSA) is 69.0 Å². The summed E-state index contributed by atoms with van der Waals surface area (Å²) in [4.78, 5) is 11.9. The highest BCUT2D eigenvalue weighted by Gasteiger charge is 2.26. The molecule has 1 saturated heterocycles. The Hall–Kier alpha value is -2.02. The van der Waals surface area contributed by atoms with Crippen molar-refractivity contribution in [1.29, 1.82) is 0 Å². The molecule has 0 saturated carbocycles. The van der Waals surface area contributed by atoms with Crippen LogP contribution in [0.5, 0.6) is 0 Å². The molecule has 0 amide bonds. The fourth-order valence-corrected chi connectivity index (χ4v) is 3.39. The third-order valence-corrected chi connectivity index (χ3v) is 4.90. The van der Waals surface area contributed by atoms with E-state index >= 15 is 0 Å². The lowest BCUT2D eigenvalue weighted by molar-refractivity contribution is 0.181. The molecule has 1 aliphatic heterocycles. The summed E-state index contributed by atoms with van der Waals surface area (Å²) >= 11 is 0. The minimum atomic E-state index is -0.0889. The Morgan fingerprint density at radius 2 is 1.92 bits per heavy atom. The van der Waals surface area contributed by atoms with E-state index in [2.05, 4.69) is 58.4 Å². The number of methoxy groups -OCH3 is 1. The van der Waals surface area contributed by atoms with Crippen molar-refractivity contribution in [2.24, 2.45) is 0 Å². The van der Waals surface area contributed by atoms with Crippen LogP contribution in [0.1, 0.15) is 63.8 Å². The summed E-state index contributed by atoms with van der Waals surface area (Å²) in [6.45, 7) is 11.9. The summed E-state index contributed by atoms with van der Waals surface area (Å²) in [5, 5.41) is 8.43. The Kier molecular flexibility index (Phi) is 5.55. The van der Waals surface area contributed by atoms with E-state index < -0.39 is 0 Å². The maximum Gasteiger partial charge on any atom is 0.136 e. The molecule has 0 N–H and O–H groups in total. The minimum Gasteiger partial charge on any atom is -0.378 e. The highest BCUT2D eigenvalue weighted by molar-refractivity contribution is 5.41. The second kappa shape index (κ2) is 7.70. The van der Waals surface area contributed by atoms with Gasteiger partial charge in [-0.15, -0.1) is 10.2 Å². The molecule has 0 radical (unpaired) electrons. The maximum atomic E-state index is 5.30. The molecule has 0 atom stereocenters. The van der Waals surface area contributed by atoms with Crippen LogP contribution in [0.4, 0.5) is 5.82 Å². The summed E-state index contributed by atoms with van der Waals surface area (Å²) in [6.07, 6.45) is 3.96. The number of hydrogen-bond donors (Lipinski definition) is 0. The van der Waals surface area contributed by atoms with E-state index in [0.717, 1.165) is 55.6 Å². The first-order chi connectivity index (χ1) is 12.4. The molecule has 0 spiro atoms. The maximum absolute atomic E-state index is 5.30. The van der Waals surface area contributed by atoms with Gasteiger partial charge in [0.25, 0.3) is 0 Å². The first kappa shape index (κ1) is 18.8. The van der Waals surface area contributed by atoms with Crippen LogP contribution in [-0.4, -0.2) is 44.9 Å². The standard InChI is InChI=1S/C19H30N6O/c1-6-24-13-20-23-17(24)14-7-9-25(10-8-14)16-11-15(12-26-5)21-18(22-16)19(2,3)4/h11,13-14H,6-10,12H2,1-5H3. The minimum absolute atomic E-state index is 0.0889. The van der Waals surface area contributed by atoms with Crippen molar-refractivity contribution in [3.8, 4) is 0 Å². The van der Waals surface area contributed by atoms with Crippen molar-refractivity contribution in [3.05, 3.63) is 29.7 Å². The highest BCUT2D eigenvalue weighted by atomic mass is 16.5. The lowest BCUT2D eigenvalue weighted by atomic mass is 9.95. The smallest absolute Gasteiger partial charge is 0.136 e. The van der Waals surface area contributed by atoms with Gasteiger partial charge in [0.15, 0.2) is 0 Å². The SMILES string of the molecule is CCn1cnnc1C1CCN(c2cc(COC)nc(C(C)(C)C)n2)CC1. The fourth-order valence-electron chi connectivity index (χ4n) is 3.39. The number of rotatable bonds is 5. The first-order valence-corrected chi connectivity index (χ1v) is 9.42. The number of ether oxygens (including phenoxy) is 1. The molecule has 0 aromatic carbocycles. The van der Waals surface area contributed by atoms with Gasteiger partial charge in [0, 0.05) is 44.1 Å². The fraction of sp³-hybridized carbons (Fsp3) is 0.684. The number of aromatic nitrogens is 5. The molecule has 26 heavy (non-hydrogen) atoms. The molecule has 0 unspecified atom stereocenters. The Bertz CT molecular complexity index is 728. The summed E-state index contributed by atoms with van der Waals surface area (Å²) in [5.74, 6) is 3.46. The number of anilines is 1. The predicted molar refractivity (Wildman–Crippen MR) is 101 cm³/mol. The van der Waals surface area contributed by atoms with E-state index in [4.69, 9.17) is 9.72 Å². The van der Waals surface area contributed by atoms with E-state index in [9.17, 15) is 0 Å². The molecule has 7 heteroatoms. The molecule has 7 nitrogen and oxygen atoms in total. The Morgan fingerprint density at radius 1 is 1.19 bits per heavy atom. The zero-order valence-corrected chi connectivity index (χ0v) is 16.6. The number of piperidine rings is 1. The monoisotopic (exact) mass is 358 g/mol. The molecule has 142 valence electrons. The van der Waals surface area contributed by atoms with Crippen molar-refractivity contribution in [2.75, 3.05) is 25.1 Å². The van der Waals surface area contributed by atoms with Gasteiger partial charge in [-0.1, -0.05) is 20.8 Å². The lowest BCUT2D eigenvalue weighted by Gasteiger charge is -2.33. The van der Waals surface area contributed by atoms with Gasteiger partial charge in [-0.25, -0.2) is 9.97 Å². The van der Waals surface area contributed by atoms with Crippen LogP contribution in [0.2, 0.25) is 0 Å². The van der Waals surface area contributed by atoms with E-state index in [1.54, 1.807) is 7.11 Å². The van der Waals surface area contributed by atoms with Crippen molar-refractivity contribution in [3.63, 3.8) is 0 Å². The third kappa shape index (κ3) is 4.03. The van der Waals surface area contributed by atoms with Crippen molar-refractivity contribution < 1.29 is 4.74 Å². The Balaban J connectivity index is 1.77. The summed E-state index contributed by atoms with van der Waals surface area (Å²) in [7, 11) is 1.70. The van der Waals surface area contributed by atoms with Crippen LogP contribution in [0, 0.1) is 0 Å². The molecule has 0 aliphatic carbocycles. The van der Waals surface area contributed by atoms with Gasteiger partial charge in [-0.3, -0.25) is 0 Å². The number of aryl methyl sites for hydroxylation is 1. The average molecular weight is 358 g/mol. The molecular formula is C19H30N6O. The Labute approximate surface area is 155 Å². The molecule has 0 bridgehead atoms. The van der Waals surface area contributed by atoms with Gasteiger partial charge in [-0.05, 0) is 19.8 Å². The zero-order valence-electron chi connectivity index (χ0n) is 16.6. The summed E-state index contributed by atoms with van der Waals surface area (Å²) in [5.41, 5.74) is 0.851. The number of hydrogen-bond acceptors (Lipinski definition) is 6. The van der Waals surface area contributed by atoms with Gasteiger partial charge < -0.3 is 14.2 Å². The van der Waals surface area contributed by atoms with Crippen LogP contribution in [0.3, 0.4) is 0 Å². The van der Waals surface area contributed by atoms with Crippen LogP contribution < -0.4 is 4.90 Å². The quantitative estimate of drug-likeness (QED) is 0.818. The van der Waals surface area contributed by atoms with Gasteiger partial charge in [-0.2, -0.15) is 0 Å². The largest absolute Gasteiger partial charge is 0.378 e. The van der Waals surface area contributed by atoms with Gasteiger partial charge >= 0.3 is 0 Å². The Morgan fingerprint density at radius 3 is 2.54 bits per heavy atom. The summed E-state index contributed by atoms with van der Waals surface area (Å²) in [6, 6.07) is 2.06. The van der Waals surface area contributed by atoms with Gasteiger partial charge in [0.05, 0.1) is 12.3 Å². The van der Waals surface area contributed by atoms with Crippen LogP contribution in [-0.2, 0) is 23.3 Å². The second-order valence-corrected chi connectivity index (χ2v) is 7.96. The zero-order chi connectivity index (χ0) is 18.7. The van der Waals surface area contributed by atoms with E-state index in [1.807, 2.05) is 6.33 Å². The van der Waals surface area contributed by atoms with Crippen LogP contribution in [0.15, 0.2) is 12.4 Å². The van der Waals surface area contributed by atoms with Gasteiger partial charge in [0.1, 0.15) is 23.8 Å². The average Bonchev–Trinajstić information content (AvgIpc) is 3.10. The molecule has 3 heterocycles. The molecular weight excluding hydrogens is 328 g/mol. The van der Waals surface area contributed by atoms with E-state index in [-0.39, 0.29) is 5.41 Å². The first-order valence-electron chi connectivity index (χ1n) is 9.42. The molecule has 2 aromatic rings. The second-order valence-electron chi connectivity index (χ2n) is 7.96. The highest BCUT2D eigenvalue weighted by Crippen LogP contribution is 2.30. The molecule has 1 fully saturated rings. The normalized spacial score (nSPS) is 16.3. The van der Waals surface area contributed by atoms with Crippen LogP contribution >= 0.6 is 0 Å². The molecule has 1 aliphatic rings. The van der Waals surface area contributed by atoms with E-state index in [1.165, 1.54) is 0 Å². The van der Waals surface area contributed by atoms with E-state index in [0.29, 0.717) is 12.5 Å². The van der Waals surface area contributed by atoms with Crippen molar-refractivity contribution >= 4 is 5.82 Å². The lowest BCUT2D eigenvalue weighted by Crippen LogP contribution is -2.35. The predicted octanol–water partition coefficient (Wildman–Crippen LogP) is 2.92. The van der Waals surface area contributed by atoms with Crippen molar-refractivity contribution in [1.82, 2.24) is 24.7 Å². The third-order valence-electron chi connectivity index (χ3n) is 4.90. The van der Waals surface area contributed by atoms with Crippen molar-refractivity contribution in [2.45, 2.75) is 65.0 Å². The summed E-state index contributed by atoms with van der Waals surface area (Å²) < 4.78 is 7.45. The number of nitrogens with zero attached hydrogens (tertiary/aromatic N) is 6. The van der Waals surface area contributed by atoms with Gasteiger partial charge in [0.2, 0.25) is 0 Å². The molecule has 3 rings (SSSR count).